The number of benzene rings is 2. The number of halogens is 1. The van der Waals surface area contributed by atoms with Crippen LogP contribution in [0.2, 0.25) is 0 Å². The van der Waals surface area contributed by atoms with Gasteiger partial charge in [0, 0.05) is 23.9 Å². The van der Waals surface area contributed by atoms with Crippen molar-refractivity contribution in [3.63, 3.8) is 0 Å². The van der Waals surface area contributed by atoms with Crippen LogP contribution in [0.5, 0.6) is 0 Å². The first-order chi connectivity index (χ1) is 12.7. The van der Waals surface area contributed by atoms with Gasteiger partial charge in [-0.3, -0.25) is 4.79 Å². The average Bonchev–Trinajstić information content (AvgIpc) is 2.69. The number of morpholine rings is 1. The Labute approximate surface area is 147 Å². The van der Waals surface area contributed by atoms with Crippen LogP contribution in [0.1, 0.15) is 0 Å². The van der Waals surface area contributed by atoms with Crippen LogP contribution in [-0.4, -0.2) is 40.9 Å². The van der Waals surface area contributed by atoms with Crippen molar-refractivity contribution in [3.05, 3.63) is 58.6 Å². The zero-order chi connectivity index (χ0) is 17.7. The Morgan fingerprint density at radius 2 is 1.77 bits per heavy atom. The second-order valence-corrected chi connectivity index (χ2v) is 6.28. The summed E-state index contributed by atoms with van der Waals surface area (Å²) in [6, 6.07) is 11.8. The van der Waals surface area contributed by atoms with Crippen LogP contribution in [0.4, 0.5) is 10.2 Å². The van der Waals surface area contributed by atoms with E-state index in [0.717, 1.165) is 16.6 Å². The molecule has 3 heterocycles. The molecule has 4 aromatic rings. The van der Waals surface area contributed by atoms with Gasteiger partial charge < -0.3 is 9.64 Å². The summed E-state index contributed by atoms with van der Waals surface area (Å²) in [4.78, 5) is 19.7. The van der Waals surface area contributed by atoms with Gasteiger partial charge in [-0.2, -0.15) is 4.52 Å². The molecule has 5 rings (SSSR count). The SMILES string of the molecule is O=c1c2cc(F)ccc2nc2c3ccccc3c(N3CCOCC3)nn12. The van der Waals surface area contributed by atoms with Crippen molar-refractivity contribution >= 4 is 33.1 Å². The van der Waals surface area contributed by atoms with Crippen LogP contribution >= 0.6 is 0 Å². The Balaban J connectivity index is 1.92. The van der Waals surface area contributed by atoms with Crippen molar-refractivity contribution in [2.45, 2.75) is 0 Å². The summed E-state index contributed by atoms with van der Waals surface area (Å²) in [6.45, 7) is 2.63. The third-order valence-corrected chi connectivity index (χ3v) is 4.72. The Morgan fingerprint density at radius 3 is 2.58 bits per heavy atom. The van der Waals surface area contributed by atoms with Crippen molar-refractivity contribution in [2.75, 3.05) is 31.2 Å². The third kappa shape index (κ3) is 2.24. The number of nitrogens with zero attached hydrogens (tertiary/aromatic N) is 4. The predicted molar refractivity (Wildman–Crippen MR) is 97.3 cm³/mol. The smallest absolute Gasteiger partial charge is 0.282 e. The fraction of sp³-hybridized carbons (Fsp3) is 0.211. The lowest BCUT2D eigenvalue weighted by Gasteiger charge is -2.28. The lowest BCUT2D eigenvalue weighted by molar-refractivity contribution is 0.122. The number of fused-ring (bicyclic) bond motifs is 4. The molecule has 0 N–H and O–H groups in total. The summed E-state index contributed by atoms with van der Waals surface area (Å²) < 4.78 is 20.3. The van der Waals surface area contributed by atoms with Gasteiger partial charge >= 0.3 is 0 Å². The number of aromatic nitrogens is 3. The standard InChI is InChI=1S/C19H15FN4O2/c20-12-5-6-16-15(11-12)19(25)24-17(21-16)13-3-1-2-4-14(13)18(22-24)23-7-9-26-10-8-23/h1-6,11H,7-10H2. The maximum Gasteiger partial charge on any atom is 0.282 e. The zero-order valence-electron chi connectivity index (χ0n) is 13.9. The maximum absolute atomic E-state index is 13.6. The fourth-order valence-corrected chi connectivity index (χ4v) is 3.45. The molecule has 0 spiro atoms. The molecule has 0 unspecified atom stereocenters. The highest BCUT2D eigenvalue weighted by molar-refractivity contribution is 6.01. The van der Waals surface area contributed by atoms with Crippen molar-refractivity contribution in [1.82, 2.24) is 14.6 Å². The molecule has 0 amide bonds. The Hall–Kier alpha value is -3.06. The van der Waals surface area contributed by atoms with Gasteiger partial charge in [0.25, 0.3) is 5.56 Å². The Kier molecular flexibility index (Phi) is 3.36. The van der Waals surface area contributed by atoms with E-state index in [9.17, 15) is 9.18 Å². The van der Waals surface area contributed by atoms with Gasteiger partial charge in [-0.25, -0.2) is 9.37 Å². The normalized spacial score (nSPS) is 15.2. The van der Waals surface area contributed by atoms with Crippen LogP contribution in [0, 0.1) is 5.82 Å². The van der Waals surface area contributed by atoms with E-state index >= 15 is 0 Å². The topological polar surface area (TPSA) is 59.7 Å². The molecular weight excluding hydrogens is 335 g/mol. The summed E-state index contributed by atoms with van der Waals surface area (Å²) in [5.74, 6) is 0.251. The minimum atomic E-state index is -0.467. The molecule has 0 bridgehead atoms. The lowest BCUT2D eigenvalue weighted by atomic mass is 10.1. The minimum Gasteiger partial charge on any atom is -0.378 e. The highest BCUT2D eigenvalue weighted by atomic mass is 19.1. The second-order valence-electron chi connectivity index (χ2n) is 6.28. The molecule has 0 saturated carbocycles. The zero-order valence-corrected chi connectivity index (χ0v) is 13.9. The van der Waals surface area contributed by atoms with Crippen molar-refractivity contribution in [2.24, 2.45) is 0 Å². The van der Waals surface area contributed by atoms with E-state index in [1.54, 1.807) is 0 Å². The summed E-state index contributed by atoms with van der Waals surface area (Å²) in [6.07, 6.45) is 0. The summed E-state index contributed by atoms with van der Waals surface area (Å²) in [5, 5.41) is 6.59. The molecule has 2 aromatic carbocycles. The molecular formula is C19H15FN4O2. The molecule has 2 aromatic heterocycles. The quantitative estimate of drug-likeness (QED) is 0.390. The van der Waals surface area contributed by atoms with Crippen LogP contribution in [0.3, 0.4) is 0 Å². The van der Waals surface area contributed by atoms with Crippen LogP contribution in [0.15, 0.2) is 47.3 Å². The van der Waals surface area contributed by atoms with E-state index < -0.39 is 5.82 Å². The molecule has 0 atom stereocenters. The summed E-state index contributed by atoms with van der Waals surface area (Å²) >= 11 is 0. The number of hydrogen-bond acceptors (Lipinski definition) is 5. The van der Waals surface area contributed by atoms with Crippen LogP contribution < -0.4 is 10.5 Å². The average molecular weight is 350 g/mol. The number of rotatable bonds is 1. The molecule has 1 saturated heterocycles. The highest BCUT2D eigenvalue weighted by Gasteiger charge is 2.19. The second kappa shape index (κ2) is 5.74. The molecule has 1 aliphatic rings. The number of hydrogen-bond donors (Lipinski definition) is 0. The van der Waals surface area contributed by atoms with Crippen LogP contribution in [-0.2, 0) is 4.74 Å². The summed E-state index contributed by atoms with van der Waals surface area (Å²) in [7, 11) is 0. The highest BCUT2D eigenvalue weighted by Crippen LogP contribution is 2.27. The number of ether oxygens (including phenoxy) is 1. The molecule has 0 radical (unpaired) electrons. The van der Waals surface area contributed by atoms with Gasteiger partial charge in [0.2, 0.25) is 0 Å². The minimum absolute atomic E-state index is 0.221. The first kappa shape index (κ1) is 15.2. The van der Waals surface area contributed by atoms with E-state index in [2.05, 4.69) is 15.0 Å². The molecule has 130 valence electrons. The van der Waals surface area contributed by atoms with E-state index in [1.165, 1.54) is 22.7 Å². The molecule has 6 nitrogen and oxygen atoms in total. The van der Waals surface area contributed by atoms with Gasteiger partial charge in [-0.05, 0) is 18.2 Å². The monoisotopic (exact) mass is 350 g/mol. The summed E-state index contributed by atoms with van der Waals surface area (Å²) in [5.41, 5.74) is 0.564. The van der Waals surface area contributed by atoms with Gasteiger partial charge in [-0.1, -0.05) is 24.3 Å². The van der Waals surface area contributed by atoms with Crippen LogP contribution in [0.25, 0.3) is 27.3 Å². The first-order valence-corrected chi connectivity index (χ1v) is 8.46. The van der Waals surface area contributed by atoms with Crippen molar-refractivity contribution < 1.29 is 9.13 Å². The van der Waals surface area contributed by atoms with E-state index in [0.29, 0.717) is 37.5 Å². The number of anilines is 1. The van der Waals surface area contributed by atoms with Gasteiger partial charge in [0.05, 0.1) is 24.1 Å². The Morgan fingerprint density at radius 1 is 1.00 bits per heavy atom. The van der Waals surface area contributed by atoms with Gasteiger partial charge in [0.15, 0.2) is 11.5 Å². The molecule has 7 heteroatoms. The van der Waals surface area contributed by atoms with Crippen molar-refractivity contribution in [3.8, 4) is 0 Å². The van der Waals surface area contributed by atoms with Gasteiger partial charge in [-0.15, -0.1) is 5.10 Å². The lowest BCUT2D eigenvalue weighted by Crippen LogP contribution is -2.37. The first-order valence-electron chi connectivity index (χ1n) is 8.46. The predicted octanol–water partition coefficient (Wildman–Crippen LogP) is 2.37. The largest absolute Gasteiger partial charge is 0.378 e. The van der Waals surface area contributed by atoms with E-state index in [4.69, 9.17) is 4.74 Å². The van der Waals surface area contributed by atoms with Crippen molar-refractivity contribution in [1.29, 1.82) is 0 Å². The maximum atomic E-state index is 13.6. The third-order valence-electron chi connectivity index (χ3n) is 4.72. The van der Waals surface area contributed by atoms with E-state index in [1.807, 2.05) is 24.3 Å². The molecule has 1 aliphatic heterocycles. The molecule has 0 aliphatic carbocycles. The van der Waals surface area contributed by atoms with E-state index in [-0.39, 0.29) is 10.9 Å². The van der Waals surface area contributed by atoms with Gasteiger partial charge in [0.1, 0.15) is 5.82 Å². The fourth-order valence-electron chi connectivity index (χ4n) is 3.45. The molecule has 1 fully saturated rings. The Bertz CT molecular complexity index is 1210. The molecule has 26 heavy (non-hydrogen) atoms.